The van der Waals surface area contributed by atoms with Gasteiger partial charge in [0.2, 0.25) is 0 Å². The van der Waals surface area contributed by atoms with Gasteiger partial charge in [-0.3, -0.25) is 9.00 Å². The number of fused-ring (bicyclic) bond motifs is 1. The van der Waals surface area contributed by atoms with Gasteiger partial charge in [0.25, 0.3) is 5.91 Å². The molecule has 3 rings (SSSR count). The topological polar surface area (TPSA) is 125 Å². The molecule has 34 heavy (non-hydrogen) atoms. The summed E-state index contributed by atoms with van der Waals surface area (Å²) in [7, 11) is -1.29. The van der Waals surface area contributed by atoms with Crippen LogP contribution in [-0.2, 0) is 25.2 Å². The van der Waals surface area contributed by atoms with E-state index in [1.54, 1.807) is 30.3 Å². The maximum atomic E-state index is 13.2. The summed E-state index contributed by atoms with van der Waals surface area (Å²) >= 11 is 0. The number of nitrogens with zero attached hydrogens (tertiary/aromatic N) is 1. The Labute approximate surface area is 200 Å². The minimum atomic E-state index is -1.29. The highest BCUT2D eigenvalue weighted by atomic mass is 32.2. The fourth-order valence-electron chi connectivity index (χ4n) is 3.36. The number of aromatic hydroxyl groups is 1. The van der Waals surface area contributed by atoms with Crippen molar-refractivity contribution in [3.63, 3.8) is 0 Å². The SMILES string of the molecule is CC(=O)ON1C(=O)/C(=C\c2ccc(S(C)=O)cc2O)c2c(OCC(O)CNC(C)C)cccc21. The van der Waals surface area contributed by atoms with E-state index in [2.05, 4.69) is 5.32 Å². The average Bonchev–Trinajstić information content (AvgIpc) is 3.03. The van der Waals surface area contributed by atoms with E-state index in [0.717, 1.165) is 5.06 Å². The molecule has 0 saturated heterocycles. The van der Waals surface area contributed by atoms with Gasteiger partial charge in [-0.2, -0.15) is 0 Å². The van der Waals surface area contributed by atoms with Crippen LogP contribution in [0.2, 0.25) is 0 Å². The van der Waals surface area contributed by atoms with Crippen LogP contribution in [0.5, 0.6) is 11.5 Å². The van der Waals surface area contributed by atoms with Crippen molar-refractivity contribution >= 4 is 40.0 Å². The minimum absolute atomic E-state index is 0.0343. The number of nitrogens with one attached hydrogen (secondary N) is 1. The van der Waals surface area contributed by atoms with Crippen LogP contribution < -0.4 is 15.1 Å². The summed E-state index contributed by atoms with van der Waals surface area (Å²) in [6.07, 6.45) is 2.15. The number of aliphatic hydroxyl groups is 1. The van der Waals surface area contributed by atoms with E-state index in [1.165, 1.54) is 25.3 Å². The fraction of sp³-hybridized carbons (Fsp3) is 0.333. The van der Waals surface area contributed by atoms with Crippen molar-refractivity contribution in [2.75, 3.05) is 24.5 Å². The van der Waals surface area contributed by atoms with Crippen LogP contribution in [0.4, 0.5) is 5.69 Å². The molecule has 10 heteroatoms. The first kappa shape index (κ1) is 25.4. The lowest BCUT2D eigenvalue weighted by atomic mass is 10.0. The van der Waals surface area contributed by atoms with Crippen LogP contribution in [0.25, 0.3) is 11.6 Å². The Morgan fingerprint density at radius 1 is 1.26 bits per heavy atom. The number of hydrogen-bond acceptors (Lipinski definition) is 8. The smallest absolute Gasteiger partial charge is 0.330 e. The first-order valence-corrected chi connectivity index (χ1v) is 12.2. The van der Waals surface area contributed by atoms with Crippen molar-refractivity contribution in [3.05, 3.63) is 47.5 Å². The number of benzene rings is 2. The third-order valence-electron chi connectivity index (χ3n) is 4.95. The van der Waals surface area contributed by atoms with Gasteiger partial charge in [-0.15, -0.1) is 5.06 Å². The second-order valence-corrected chi connectivity index (χ2v) is 9.47. The Bertz CT molecular complexity index is 1150. The molecule has 182 valence electrons. The lowest BCUT2D eigenvalue weighted by molar-refractivity contribution is -0.146. The average molecular weight is 489 g/mol. The zero-order valence-electron chi connectivity index (χ0n) is 19.4. The molecule has 0 spiro atoms. The molecule has 1 heterocycles. The molecule has 1 aliphatic heterocycles. The quantitative estimate of drug-likeness (QED) is 0.459. The Morgan fingerprint density at radius 3 is 2.62 bits per heavy atom. The van der Waals surface area contributed by atoms with Gasteiger partial charge in [-0.05, 0) is 30.3 Å². The van der Waals surface area contributed by atoms with Crippen molar-refractivity contribution in [3.8, 4) is 11.5 Å². The number of ether oxygens (including phenoxy) is 1. The number of carbonyl (C=O) groups excluding carboxylic acids is 2. The lowest BCUT2D eigenvalue weighted by Crippen LogP contribution is -2.35. The van der Waals surface area contributed by atoms with Crippen molar-refractivity contribution in [2.45, 2.75) is 37.8 Å². The van der Waals surface area contributed by atoms with Gasteiger partial charge in [0.15, 0.2) is 0 Å². The highest BCUT2D eigenvalue weighted by Gasteiger charge is 2.38. The highest BCUT2D eigenvalue weighted by molar-refractivity contribution is 7.84. The van der Waals surface area contributed by atoms with Gasteiger partial charge in [0.1, 0.15) is 24.2 Å². The summed E-state index contributed by atoms with van der Waals surface area (Å²) < 4.78 is 17.5. The number of anilines is 1. The molecule has 0 aromatic heterocycles. The number of hydroxylamine groups is 1. The summed E-state index contributed by atoms with van der Waals surface area (Å²) in [6, 6.07) is 9.59. The molecule has 2 unspecified atom stereocenters. The zero-order valence-corrected chi connectivity index (χ0v) is 20.2. The summed E-state index contributed by atoms with van der Waals surface area (Å²) in [5.74, 6) is -1.15. The van der Waals surface area contributed by atoms with Gasteiger partial charge in [-0.25, -0.2) is 4.79 Å². The standard InChI is InChI=1S/C24H28N2O7S/c1-14(2)25-12-17(28)13-32-22-7-5-6-20-23(22)19(24(30)26(20)33-15(3)27)10-16-8-9-18(34(4)31)11-21(16)29/h5-11,14,17,25,28-29H,12-13H2,1-4H3/b19-10-. The molecule has 1 amide bonds. The van der Waals surface area contributed by atoms with Crippen LogP contribution in [0.15, 0.2) is 41.3 Å². The number of hydrogen-bond donors (Lipinski definition) is 3. The molecular weight excluding hydrogens is 460 g/mol. The third kappa shape index (κ3) is 5.82. The van der Waals surface area contributed by atoms with E-state index in [1.807, 2.05) is 13.8 Å². The molecule has 0 saturated carbocycles. The number of carbonyl (C=O) groups is 2. The summed E-state index contributed by atoms with van der Waals surface area (Å²) in [6.45, 7) is 5.40. The first-order valence-electron chi connectivity index (χ1n) is 10.7. The van der Waals surface area contributed by atoms with E-state index >= 15 is 0 Å². The van der Waals surface area contributed by atoms with Gasteiger partial charge in [-0.1, -0.05) is 26.0 Å². The first-order chi connectivity index (χ1) is 16.1. The lowest BCUT2D eigenvalue weighted by Gasteiger charge is -2.17. The third-order valence-corrected chi connectivity index (χ3v) is 5.87. The highest BCUT2D eigenvalue weighted by Crippen LogP contribution is 2.44. The van der Waals surface area contributed by atoms with Crippen molar-refractivity contribution in [1.82, 2.24) is 5.32 Å². The Kier molecular flexibility index (Phi) is 8.08. The van der Waals surface area contributed by atoms with E-state index in [4.69, 9.17) is 9.57 Å². The predicted octanol–water partition coefficient (Wildman–Crippen LogP) is 2.23. The zero-order chi connectivity index (χ0) is 25.0. The second kappa shape index (κ2) is 10.8. The molecule has 9 nitrogen and oxygen atoms in total. The molecule has 2 atom stereocenters. The van der Waals surface area contributed by atoms with Crippen LogP contribution >= 0.6 is 0 Å². The summed E-state index contributed by atoms with van der Waals surface area (Å²) in [5, 5.41) is 24.7. The van der Waals surface area contributed by atoms with Crippen LogP contribution in [0.3, 0.4) is 0 Å². The number of phenols is 1. The molecule has 3 N–H and O–H groups in total. The molecule has 2 aromatic rings. The van der Waals surface area contributed by atoms with Crippen LogP contribution in [0, 0.1) is 0 Å². The van der Waals surface area contributed by atoms with Crippen LogP contribution in [-0.4, -0.2) is 57.9 Å². The van der Waals surface area contributed by atoms with Gasteiger partial charge in [0, 0.05) is 47.0 Å². The molecule has 2 aromatic carbocycles. The summed E-state index contributed by atoms with van der Waals surface area (Å²) in [5.41, 5.74) is 1.09. The molecule has 0 radical (unpaired) electrons. The van der Waals surface area contributed by atoms with Crippen molar-refractivity contribution < 1.29 is 33.6 Å². The van der Waals surface area contributed by atoms with E-state index < -0.39 is 28.8 Å². The Hall–Kier alpha value is -3.21. The maximum Gasteiger partial charge on any atom is 0.330 e. The van der Waals surface area contributed by atoms with Crippen molar-refractivity contribution in [2.24, 2.45) is 0 Å². The summed E-state index contributed by atoms with van der Waals surface area (Å²) in [4.78, 5) is 30.4. The molecule has 0 fully saturated rings. The van der Waals surface area contributed by atoms with Gasteiger partial charge >= 0.3 is 5.97 Å². The Balaban J connectivity index is 2.01. The minimum Gasteiger partial charge on any atom is -0.507 e. The van der Waals surface area contributed by atoms with Gasteiger partial charge < -0.3 is 25.1 Å². The largest absolute Gasteiger partial charge is 0.507 e. The van der Waals surface area contributed by atoms with Crippen LogP contribution in [0.1, 0.15) is 31.9 Å². The maximum absolute atomic E-state index is 13.2. The number of amides is 1. The van der Waals surface area contributed by atoms with Gasteiger partial charge in [0.05, 0.1) is 16.8 Å². The molecule has 0 bridgehead atoms. The Morgan fingerprint density at radius 2 is 2.00 bits per heavy atom. The predicted molar refractivity (Wildman–Crippen MR) is 129 cm³/mol. The number of rotatable bonds is 9. The normalized spacial score (nSPS) is 16.0. The molecule has 0 aliphatic carbocycles. The number of aliphatic hydroxyl groups excluding tert-OH is 1. The van der Waals surface area contributed by atoms with E-state index in [9.17, 15) is 24.0 Å². The molecule has 1 aliphatic rings. The second-order valence-electron chi connectivity index (χ2n) is 8.09. The number of phenolic OH excluding ortho intramolecular Hbond substituents is 1. The van der Waals surface area contributed by atoms with E-state index in [0.29, 0.717) is 34.0 Å². The fourth-order valence-corrected chi connectivity index (χ4v) is 3.89. The van der Waals surface area contributed by atoms with Crippen molar-refractivity contribution in [1.29, 1.82) is 0 Å². The molecular formula is C24H28N2O7S. The monoisotopic (exact) mass is 488 g/mol. The van der Waals surface area contributed by atoms with E-state index in [-0.39, 0.29) is 24.0 Å².